The maximum Gasteiger partial charge on any atom is 0.261 e. The fourth-order valence-electron chi connectivity index (χ4n) is 3.50. The van der Waals surface area contributed by atoms with Gasteiger partial charge < -0.3 is 4.98 Å². The summed E-state index contributed by atoms with van der Waals surface area (Å²) in [5, 5.41) is 0.212. The second-order valence-electron chi connectivity index (χ2n) is 7.06. The van der Waals surface area contributed by atoms with Crippen LogP contribution in [0.3, 0.4) is 0 Å². The van der Waals surface area contributed by atoms with E-state index in [1.165, 1.54) is 6.33 Å². The van der Waals surface area contributed by atoms with Crippen molar-refractivity contribution in [1.29, 1.82) is 0 Å². The smallest absolute Gasteiger partial charge is 0.261 e. The normalized spacial score (nSPS) is 15.5. The molecule has 0 spiro atoms. The maximum absolute atomic E-state index is 13.3. The molecule has 0 radical (unpaired) electrons. The Morgan fingerprint density at radius 2 is 2.15 bits per heavy atom. The van der Waals surface area contributed by atoms with Gasteiger partial charge in [0.25, 0.3) is 5.56 Å². The molecule has 0 amide bonds. The van der Waals surface area contributed by atoms with E-state index < -0.39 is 5.25 Å². The first-order valence-electron chi connectivity index (χ1n) is 8.95. The van der Waals surface area contributed by atoms with Crippen molar-refractivity contribution in [2.75, 3.05) is 0 Å². The highest BCUT2D eigenvalue weighted by Crippen LogP contribution is 2.34. The average Bonchev–Trinajstić information content (AvgIpc) is 3.35. The summed E-state index contributed by atoms with van der Waals surface area (Å²) < 4.78 is 1.79. The first kappa shape index (κ1) is 16.4. The lowest BCUT2D eigenvalue weighted by Gasteiger charge is -2.18. The lowest BCUT2D eigenvalue weighted by atomic mass is 10.1. The second kappa shape index (κ2) is 6.16. The highest BCUT2D eigenvalue weighted by atomic mass is 32.1. The number of fused-ring (bicyclic) bond motifs is 2. The van der Waals surface area contributed by atoms with Crippen molar-refractivity contribution in [3.05, 3.63) is 58.3 Å². The molecule has 1 saturated carbocycles. The molecule has 7 nitrogen and oxygen atoms in total. The zero-order valence-electron chi connectivity index (χ0n) is 14.8. The summed E-state index contributed by atoms with van der Waals surface area (Å²) in [6.45, 7) is 2.61. The summed E-state index contributed by atoms with van der Waals surface area (Å²) in [5.74, 6) is 1.14. The number of imidazole rings is 1. The number of rotatable bonds is 4. The third-order valence-electron chi connectivity index (χ3n) is 5.11. The van der Waals surface area contributed by atoms with Crippen LogP contribution in [0.25, 0.3) is 22.1 Å². The molecule has 0 saturated heterocycles. The quantitative estimate of drug-likeness (QED) is 0.533. The van der Waals surface area contributed by atoms with Crippen LogP contribution in [-0.4, -0.2) is 29.5 Å². The monoisotopic (exact) mass is 378 g/mol. The van der Waals surface area contributed by atoms with Crippen LogP contribution < -0.4 is 5.56 Å². The molecule has 0 bridgehead atoms. The number of hydrogen-bond acceptors (Lipinski definition) is 6. The standard InChI is InChI=1S/C19H18N6OS/c1-10-3-2-4-12-13(10)19(26)25(7-11-5-6-11)18(24-12)16(27)14-15-17(22-8-20-14)23-9-21-15/h2-4,8-9,11,16,27H,5-7H2,1H3,(H,20,21,22,23). The first-order valence-corrected chi connectivity index (χ1v) is 9.47. The topological polar surface area (TPSA) is 89.3 Å². The van der Waals surface area contributed by atoms with E-state index in [0.717, 1.165) is 18.4 Å². The largest absolute Gasteiger partial charge is 0.342 e. The van der Waals surface area contributed by atoms with Gasteiger partial charge in [-0.25, -0.2) is 19.9 Å². The van der Waals surface area contributed by atoms with Gasteiger partial charge in [0.05, 0.1) is 22.9 Å². The van der Waals surface area contributed by atoms with Gasteiger partial charge in [0, 0.05) is 6.54 Å². The molecule has 1 aromatic carbocycles. The Morgan fingerprint density at radius 3 is 2.96 bits per heavy atom. The number of nitrogens with one attached hydrogen (secondary N) is 1. The fourth-order valence-corrected chi connectivity index (χ4v) is 3.90. The summed E-state index contributed by atoms with van der Waals surface area (Å²) in [6.07, 6.45) is 5.34. The number of H-pyrrole nitrogens is 1. The van der Waals surface area contributed by atoms with Crippen LogP contribution in [0.4, 0.5) is 0 Å². The minimum atomic E-state index is -0.465. The Hall–Kier alpha value is -2.74. The summed E-state index contributed by atoms with van der Waals surface area (Å²) in [6, 6.07) is 5.74. The van der Waals surface area contributed by atoms with Gasteiger partial charge >= 0.3 is 0 Å². The number of aromatic nitrogens is 6. The number of thiol groups is 1. The summed E-state index contributed by atoms with van der Waals surface area (Å²) in [4.78, 5) is 34.0. The van der Waals surface area contributed by atoms with E-state index in [9.17, 15) is 4.79 Å². The summed E-state index contributed by atoms with van der Waals surface area (Å²) in [5.41, 5.74) is 3.59. The van der Waals surface area contributed by atoms with Gasteiger partial charge in [-0.1, -0.05) is 12.1 Å². The zero-order chi connectivity index (χ0) is 18.5. The van der Waals surface area contributed by atoms with Crippen molar-refractivity contribution >= 4 is 34.7 Å². The van der Waals surface area contributed by atoms with Gasteiger partial charge in [0.2, 0.25) is 0 Å². The minimum Gasteiger partial charge on any atom is -0.342 e. The van der Waals surface area contributed by atoms with Crippen molar-refractivity contribution in [3.8, 4) is 0 Å². The Kier molecular flexibility index (Phi) is 3.75. The van der Waals surface area contributed by atoms with Crippen LogP contribution in [0, 0.1) is 12.8 Å². The molecule has 4 aromatic rings. The van der Waals surface area contributed by atoms with Crippen LogP contribution in [0.2, 0.25) is 0 Å². The fraction of sp³-hybridized carbons (Fsp3) is 0.316. The molecule has 1 N–H and O–H groups in total. The maximum atomic E-state index is 13.3. The van der Waals surface area contributed by atoms with Gasteiger partial charge in [-0.3, -0.25) is 9.36 Å². The molecule has 1 aliphatic carbocycles. The molecule has 1 atom stereocenters. The lowest BCUT2D eigenvalue weighted by Crippen LogP contribution is -2.28. The third-order valence-corrected chi connectivity index (χ3v) is 5.59. The summed E-state index contributed by atoms with van der Waals surface area (Å²) >= 11 is 4.81. The van der Waals surface area contributed by atoms with E-state index in [0.29, 0.717) is 46.0 Å². The molecule has 5 rings (SSSR count). The third kappa shape index (κ3) is 2.71. The first-order chi connectivity index (χ1) is 13.1. The number of aryl methyl sites for hydroxylation is 1. The molecule has 0 aliphatic heterocycles. The molecule has 1 aliphatic rings. The Morgan fingerprint density at radius 1 is 1.30 bits per heavy atom. The van der Waals surface area contributed by atoms with Crippen molar-refractivity contribution in [2.24, 2.45) is 5.92 Å². The number of benzene rings is 1. The Balaban J connectivity index is 1.76. The van der Waals surface area contributed by atoms with Crippen LogP contribution in [0.15, 0.2) is 35.6 Å². The number of aromatic amines is 1. The highest BCUT2D eigenvalue weighted by molar-refractivity contribution is 7.80. The van der Waals surface area contributed by atoms with Gasteiger partial charge in [-0.15, -0.1) is 0 Å². The molecule has 136 valence electrons. The molecular formula is C19H18N6OS. The van der Waals surface area contributed by atoms with E-state index in [4.69, 9.17) is 17.6 Å². The zero-order valence-corrected chi connectivity index (χ0v) is 15.6. The van der Waals surface area contributed by atoms with E-state index in [2.05, 4.69) is 19.9 Å². The predicted molar refractivity (Wildman–Crippen MR) is 106 cm³/mol. The van der Waals surface area contributed by atoms with Gasteiger partial charge in [0.1, 0.15) is 22.9 Å². The predicted octanol–water partition coefficient (Wildman–Crippen LogP) is 2.80. The van der Waals surface area contributed by atoms with Gasteiger partial charge in [-0.05, 0) is 37.3 Å². The van der Waals surface area contributed by atoms with Crippen molar-refractivity contribution in [1.82, 2.24) is 29.5 Å². The van der Waals surface area contributed by atoms with Gasteiger partial charge in [-0.2, -0.15) is 12.6 Å². The average molecular weight is 378 g/mol. The van der Waals surface area contributed by atoms with E-state index >= 15 is 0 Å². The molecule has 3 heterocycles. The van der Waals surface area contributed by atoms with Gasteiger partial charge in [0.15, 0.2) is 5.65 Å². The van der Waals surface area contributed by atoms with E-state index in [-0.39, 0.29) is 5.56 Å². The molecule has 8 heteroatoms. The van der Waals surface area contributed by atoms with Crippen molar-refractivity contribution in [3.63, 3.8) is 0 Å². The van der Waals surface area contributed by atoms with Crippen LogP contribution in [0.5, 0.6) is 0 Å². The Bertz CT molecular complexity index is 1230. The number of hydrogen-bond donors (Lipinski definition) is 2. The van der Waals surface area contributed by atoms with Crippen molar-refractivity contribution in [2.45, 2.75) is 31.6 Å². The Labute approximate surface area is 160 Å². The SMILES string of the molecule is Cc1cccc2nc(C(S)c3ncnc4nc[nH]c34)n(CC3CC3)c(=O)c12. The van der Waals surface area contributed by atoms with E-state index in [1.807, 2.05) is 25.1 Å². The summed E-state index contributed by atoms with van der Waals surface area (Å²) in [7, 11) is 0. The second-order valence-corrected chi connectivity index (χ2v) is 7.58. The molecule has 3 aromatic heterocycles. The van der Waals surface area contributed by atoms with Crippen molar-refractivity contribution < 1.29 is 0 Å². The molecule has 27 heavy (non-hydrogen) atoms. The molecule has 1 fully saturated rings. The van der Waals surface area contributed by atoms with Crippen LogP contribution in [-0.2, 0) is 6.54 Å². The minimum absolute atomic E-state index is 0.00559. The number of nitrogens with zero attached hydrogens (tertiary/aromatic N) is 5. The van der Waals surface area contributed by atoms with E-state index in [1.54, 1.807) is 10.9 Å². The molecular weight excluding hydrogens is 360 g/mol. The molecule has 1 unspecified atom stereocenters. The highest BCUT2D eigenvalue weighted by Gasteiger charge is 2.28. The van der Waals surface area contributed by atoms with Crippen LogP contribution >= 0.6 is 12.6 Å². The van der Waals surface area contributed by atoms with Crippen LogP contribution in [0.1, 0.15) is 35.2 Å². The lowest BCUT2D eigenvalue weighted by molar-refractivity contribution is 0.572.